The molecule has 0 aliphatic rings. The number of hydrogen-bond acceptors (Lipinski definition) is 6. The monoisotopic (exact) mass is 366 g/mol. The van der Waals surface area contributed by atoms with E-state index >= 15 is 0 Å². The number of thioether (sulfide) groups is 1. The van der Waals surface area contributed by atoms with Gasteiger partial charge in [0.05, 0.1) is 0 Å². The van der Waals surface area contributed by atoms with Gasteiger partial charge in [-0.2, -0.15) is 11.8 Å². The zero-order valence-electron chi connectivity index (χ0n) is 12.6. The van der Waals surface area contributed by atoms with Crippen LogP contribution in [0.4, 0.5) is 4.79 Å². The van der Waals surface area contributed by atoms with Crippen LogP contribution < -0.4 is 5.32 Å². The van der Waals surface area contributed by atoms with Crippen molar-refractivity contribution in [3.8, 4) is 0 Å². The molecule has 22 heavy (non-hydrogen) atoms. The van der Waals surface area contributed by atoms with Crippen molar-refractivity contribution < 1.29 is 19.4 Å². The largest absolute Gasteiger partial charge is 0.480 e. The molecule has 6 nitrogen and oxygen atoms in total. The lowest BCUT2D eigenvalue weighted by atomic mass is 10.2. The third-order valence-electron chi connectivity index (χ3n) is 2.31. The highest BCUT2D eigenvalue weighted by Gasteiger charge is 2.23. The van der Waals surface area contributed by atoms with E-state index in [2.05, 4.69) is 10.3 Å². The lowest BCUT2D eigenvalue weighted by molar-refractivity contribution is -0.139. The summed E-state index contributed by atoms with van der Waals surface area (Å²) in [5, 5.41) is 11.5. The minimum atomic E-state index is -1.08. The molecular formula is C13H19ClN2O4S2. The molecule has 0 spiro atoms. The van der Waals surface area contributed by atoms with Crippen LogP contribution in [0.25, 0.3) is 0 Å². The molecule has 1 heterocycles. The molecule has 0 radical (unpaired) electrons. The van der Waals surface area contributed by atoms with Crippen molar-refractivity contribution in [1.82, 2.24) is 10.3 Å². The maximum Gasteiger partial charge on any atom is 0.408 e. The Morgan fingerprint density at radius 2 is 2.23 bits per heavy atom. The predicted octanol–water partition coefficient (Wildman–Crippen LogP) is 3.40. The van der Waals surface area contributed by atoms with Crippen LogP contribution in [0.3, 0.4) is 0 Å². The van der Waals surface area contributed by atoms with Crippen molar-refractivity contribution in [3.63, 3.8) is 0 Å². The lowest BCUT2D eigenvalue weighted by Gasteiger charge is -2.21. The number of carboxylic acid groups (broad SMARTS) is 1. The lowest BCUT2D eigenvalue weighted by Crippen LogP contribution is -2.43. The van der Waals surface area contributed by atoms with E-state index in [0.29, 0.717) is 22.4 Å². The number of nitrogens with one attached hydrogen (secondary N) is 1. The standard InChI is InChI=1S/C13H19ClN2O4S2/c1-13(2,3)20-12(19)16-9(10(17)18)4-5-21-7-8-6-15-11(14)22-8/h6,9H,4-5,7H2,1-3H3,(H,16,19)(H,17,18). The number of aliphatic carboxylic acids is 1. The highest BCUT2D eigenvalue weighted by molar-refractivity contribution is 7.98. The molecule has 1 aromatic rings. The van der Waals surface area contributed by atoms with E-state index in [0.717, 1.165) is 4.88 Å². The topological polar surface area (TPSA) is 88.5 Å². The Bertz CT molecular complexity index is 516. The van der Waals surface area contributed by atoms with Crippen molar-refractivity contribution in [1.29, 1.82) is 0 Å². The van der Waals surface area contributed by atoms with E-state index in [1.54, 1.807) is 38.7 Å². The van der Waals surface area contributed by atoms with Crippen molar-refractivity contribution in [2.45, 2.75) is 44.6 Å². The van der Waals surface area contributed by atoms with Crippen LogP contribution in [0.1, 0.15) is 32.1 Å². The molecule has 1 unspecified atom stereocenters. The molecule has 1 rings (SSSR count). The van der Waals surface area contributed by atoms with Crippen molar-refractivity contribution >= 4 is 46.8 Å². The van der Waals surface area contributed by atoms with Crippen LogP contribution in [0.2, 0.25) is 4.47 Å². The molecule has 2 N–H and O–H groups in total. The van der Waals surface area contributed by atoms with Crippen LogP contribution in [0.15, 0.2) is 6.20 Å². The average molecular weight is 367 g/mol. The number of carbonyl (C=O) groups is 2. The third-order valence-corrected chi connectivity index (χ3v) is 4.65. The van der Waals surface area contributed by atoms with E-state index < -0.39 is 23.7 Å². The SMILES string of the molecule is CC(C)(C)OC(=O)NC(CCSCc1cnc(Cl)s1)C(=O)O. The molecule has 0 saturated carbocycles. The first kappa shape index (κ1) is 19.1. The number of alkyl carbamates (subject to hydrolysis) is 1. The highest BCUT2D eigenvalue weighted by Crippen LogP contribution is 2.22. The number of ether oxygens (including phenoxy) is 1. The van der Waals surface area contributed by atoms with Crippen LogP contribution >= 0.6 is 34.7 Å². The smallest absolute Gasteiger partial charge is 0.408 e. The molecule has 1 amide bonds. The normalized spacial score (nSPS) is 12.7. The van der Waals surface area contributed by atoms with Gasteiger partial charge in [0.15, 0.2) is 4.47 Å². The molecule has 0 aromatic carbocycles. The van der Waals surface area contributed by atoms with Gasteiger partial charge < -0.3 is 15.2 Å². The highest BCUT2D eigenvalue weighted by atomic mass is 35.5. The summed E-state index contributed by atoms with van der Waals surface area (Å²) < 4.78 is 5.55. The summed E-state index contributed by atoms with van der Waals surface area (Å²) in [5.74, 6) is 0.220. The molecule has 9 heteroatoms. The molecule has 0 aliphatic carbocycles. The Labute approximate surface area is 142 Å². The van der Waals surface area contributed by atoms with Gasteiger partial charge in [-0.25, -0.2) is 14.6 Å². The fourth-order valence-corrected chi connectivity index (χ4v) is 3.51. The van der Waals surface area contributed by atoms with Crippen molar-refractivity contribution in [2.75, 3.05) is 5.75 Å². The number of aromatic nitrogens is 1. The first-order valence-corrected chi connectivity index (χ1v) is 8.92. The summed E-state index contributed by atoms with van der Waals surface area (Å²) in [5.41, 5.74) is -0.659. The predicted molar refractivity (Wildman–Crippen MR) is 88.7 cm³/mol. The number of hydrogen-bond donors (Lipinski definition) is 2. The average Bonchev–Trinajstić information content (AvgIpc) is 2.76. The maximum absolute atomic E-state index is 11.6. The van der Waals surface area contributed by atoms with Crippen LogP contribution in [-0.2, 0) is 15.3 Å². The molecule has 1 aromatic heterocycles. The second-order valence-corrected chi connectivity index (χ2v) is 8.26. The zero-order valence-corrected chi connectivity index (χ0v) is 15.0. The van der Waals surface area contributed by atoms with Gasteiger partial charge in [-0.05, 0) is 32.9 Å². The van der Waals surface area contributed by atoms with Crippen LogP contribution in [0.5, 0.6) is 0 Å². The first-order chi connectivity index (χ1) is 10.2. The summed E-state index contributed by atoms with van der Waals surface area (Å²) >= 11 is 8.69. The zero-order chi connectivity index (χ0) is 16.8. The Balaban J connectivity index is 2.35. The van der Waals surface area contributed by atoms with Crippen LogP contribution in [0, 0.1) is 0 Å². The van der Waals surface area contributed by atoms with Gasteiger partial charge in [0, 0.05) is 16.8 Å². The van der Waals surface area contributed by atoms with Gasteiger partial charge in [-0.1, -0.05) is 11.6 Å². The summed E-state index contributed by atoms with van der Waals surface area (Å²) in [6, 6.07) is -0.965. The summed E-state index contributed by atoms with van der Waals surface area (Å²) in [7, 11) is 0. The Morgan fingerprint density at radius 1 is 1.55 bits per heavy atom. The number of carbonyl (C=O) groups excluding carboxylic acids is 1. The maximum atomic E-state index is 11.6. The van der Waals surface area contributed by atoms with E-state index in [-0.39, 0.29) is 0 Å². The quantitative estimate of drug-likeness (QED) is 0.719. The van der Waals surface area contributed by atoms with Gasteiger partial charge >= 0.3 is 12.1 Å². The van der Waals surface area contributed by atoms with Gasteiger partial charge in [0.2, 0.25) is 0 Å². The molecule has 0 saturated heterocycles. The molecule has 0 aliphatic heterocycles. The molecule has 0 fully saturated rings. The summed E-state index contributed by atoms with van der Waals surface area (Å²) in [4.78, 5) is 27.7. The summed E-state index contributed by atoms with van der Waals surface area (Å²) in [6.07, 6.45) is 1.29. The fourth-order valence-electron chi connectivity index (χ4n) is 1.43. The minimum Gasteiger partial charge on any atom is -0.480 e. The second kappa shape index (κ2) is 8.59. The van der Waals surface area contributed by atoms with Crippen molar-refractivity contribution in [2.24, 2.45) is 0 Å². The molecule has 0 bridgehead atoms. The van der Waals surface area contributed by atoms with E-state index in [9.17, 15) is 9.59 Å². The van der Waals surface area contributed by atoms with Gasteiger partial charge in [0.25, 0.3) is 0 Å². The van der Waals surface area contributed by atoms with Gasteiger partial charge in [0.1, 0.15) is 11.6 Å². The Morgan fingerprint density at radius 3 is 2.73 bits per heavy atom. The Hall–Kier alpha value is -0.990. The van der Waals surface area contributed by atoms with Crippen molar-refractivity contribution in [3.05, 3.63) is 15.5 Å². The van der Waals surface area contributed by atoms with E-state index in [1.807, 2.05) is 0 Å². The van der Waals surface area contributed by atoms with Gasteiger partial charge in [-0.3, -0.25) is 0 Å². The van der Waals surface area contributed by atoms with Crippen LogP contribution in [-0.4, -0.2) is 39.5 Å². The first-order valence-electron chi connectivity index (χ1n) is 6.57. The van der Waals surface area contributed by atoms with Gasteiger partial charge in [-0.15, -0.1) is 11.3 Å². The summed E-state index contributed by atoms with van der Waals surface area (Å²) in [6.45, 7) is 5.16. The number of halogens is 1. The van der Waals surface area contributed by atoms with E-state index in [4.69, 9.17) is 21.4 Å². The number of amides is 1. The molecule has 124 valence electrons. The number of thiazole rings is 1. The minimum absolute atomic E-state index is 0.311. The Kier molecular flexibility index (Phi) is 7.44. The molecular weight excluding hydrogens is 348 g/mol. The number of carboxylic acids is 1. The fraction of sp³-hybridized carbons (Fsp3) is 0.615. The second-order valence-electron chi connectivity index (χ2n) is 5.46. The molecule has 1 atom stereocenters. The third kappa shape index (κ3) is 7.86. The number of nitrogens with zero attached hydrogens (tertiary/aromatic N) is 1. The van der Waals surface area contributed by atoms with E-state index in [1.165, 1.54) is 11.3 Å². The number of rotatable bonds is 7.